The molecule has 0 fully saturated rings. The fourth-order valence-electron chi connectivity index (χ4n) is 8.48. The molecule has 11 rings (SSSR count). The number of hydrogen-bond donors (Lipinski definition) is 0. The molecule has 3 nitrogen and oxygen atoms in total. The van der Waals surface area contributed by atoms with Crippen LogP contribution in [0.15, 0.2) is 237 Å². The molecule has 62 heavy (non-hydrogen) atoms. The van der Waals surface area contributed by atoms with E-state index in [2.05, 4.69) is 231 Å². The lowest BCUT2D eigenvalue weighted by Crippen LogP contribution is -2.01. The topological polar surface area (TPSA) is 38.7 Å². The van der Waals surface area contributed by atoms with Gasteiger partial charge in [0, 0.05) is 16.7 Å². The van der Waals surface area contributed by atoms with Crippen LogP contribution < -0.4 is 0 Å². The van der Waals surface area contributed by atoms with Crippen molar-refractivity contribution in [2.24, 2.45) is 0 Å². The van der Waals surface area contributed by atoms with Gasteiger partial charge in [0.1, 0.15) is 0 Å². The summed E-state index contributed by atoms with van der Waals surface area (Å²) in [6.07, 6.45) is 0. The minimum absolute atomic E-state index is 0.620. The highest BCUT2D eigenvalue weighted by Gasteiger charge is 2.17. The Bertz CT molecular complexity index is 3400. The van der Waals surface area contributed by atoms with Crippen molar-refractivity contribution < 1.29 is 0 Å². The molecule has 0 aliphatic heterocycles. The van der Waals surface area contributed by atoms with E-state index in [1.165, 1.54) is 38.8 Å². The molecule has 0 atom stereocenters. The van der Waals surface area contributed by atoms with E-state index in [1.54, 1.807) is 0 Å². The van der Waals surface area contributed by atoms with Crippen LogP contribution in [0.2, 0.25) is 0 Å². The molecule has 1 heterocycles. The Balaban J connectivity index is 1.04. The molecule has 0 aliphatic carbocycles. The molecule has 290 valence electrons. The minimum Gasteiger partial charge on any atom is -0.208 e. The maximum Gasteiger partial charge on any atom is 0.164 e. The van der Waals surface area contributed by atoms with Gasteiger partial charge in [-0.2, -0.15) is 0 Å². The molecule has 0 N–H and O–H groups in total. The summed E-state index contributed by atoms with van der Waals surface area (Å²) in [5, 5.41) is 4.56. The molecule has 10 aromatic carbocycles. The van der Waals surface area contributed by atoms with Crippen molar-refractivity contribution in [3.05, 3.63) is 237 Å². The molecule has 0 bridgehead atoms. The van der Waals surface area contributed by atoms with Gasteiger partial charge in [0.25, 0.3) is 0 Å². The monoisotopic (exact) mass is 789 g/mol. The van der Waals surface area contributed by atoms with Gasteiger partial charge in [0.2, 0.25) is 0 Å². The maximum atomic E-state index is 5.27. The summed E-state index contributed by atoms with van der Waals surface area (Å²) in [4.78, 5) is 15.7. The lowest BCUT2D eigenvalue weighted by molar-refractivity contribution is 1.08. The van der Waals surface area contributed by atoms with Crippen LogP contribution >= 0.6 is 0 Å². The molecule has 0 aliphatic rings. The summed E-state index contributed by atoms with van der Waals surface area (Å²) in [7, 11) is 0. The zero-order chi connectivity index (χ0) is 41.2. The lowest BCUT2D eigenvalue weighted by Gasteiger charge is -2.14. The smallest absolute Gasteiger partial charge is 0.164 e. The Labute approximate surface area is 361 Å². The summed E-state index contributed by atoms with van der Waals surface area (Å²) >= 11 is 0. The van der Waals surface area contributed by atoms with E-state index in [-0.39, 0.29) is 0 Å². The highest BCUT2D eigenvalue weighted by Crippen LogP contribution is 2.37. The van der Waals surface area contributed by atoms with E-state index in [4.69, 9.17) is 15.0 Å². The largest absolute Gasteiger partial charge is 0.208 e. The van der Waals surface area contributed by atoms with Gasteiger partial charge in [-0.3, -0.25) is 0 Å². The predicted molar refractivity (Wildman–Crippen MR) is 258 cm³/mol. The summed E-state index contributed by atoms with van der Waals surface area (Å²) < 4.78 is 0. The third-order valence-electron chi connectivity index (χ3n) is 11.7. The molecule has 0 spiro atoms. The molecule has 0 unspecified atom stereocenters. The molecule has 3 heteroatoms. The number of hydrogen-bond acceptors (Lipinski definition) is 3. The second-order valence-corrected chi connectivity index (χ2v) is 15.7. The van der Waals surface area contributed by atoms with Crippen molar-refractivity contribution in [3.8, 4) is 89.8 Å². The van der Waals surface area contributed by atoms with Crippen molar-refractivity contribution in [3.63, 3.8) is 0 Å². The second kappa shape index (κ2) is 16.1. The van der Waals surface area contributed by atoms with Crippen molar-refractivity contribution in [2.45, 2.75) is 0 Å². The van der Waals surface area contributed by atoms with Crippen LogP contribution in [0.1, 0.15) is 0 Å². The summed E-state index contributed by atoms with van der Waals surface area (Å²) in [5.74, 6) is 1.87. The Morgan fingerprint density at radius 2 is 0.548 bits per heavy atom. The molecule has 0 saturated heterocycles. The van der Waals surface area contributed by atoms with E-state index in [9.17, 15) is 0 Å². The first-order valence-electron chi connectivity index (χ1n) is 21.0. The average molecular weight is 790 g/mol. The third kappa shape index (κ3) is 7.33. The molecular weight excluding hydrogens is 751 g/mol. The van der Waals surface area contributed by atoms with Crippen LogP contribution in [-0.4, -0.2) is 15.0 Å². The average Bonchev–Trinajstić information content (AvgIpc) is 3.36. The van der Waals surface area contributed by atoms with E-state index < -0.39 is 0 Å². The van der Waals surface area contributed by atoms with Crippen molar-refractivity contribution in [1.29, 1.82) is 0 Å². The first kappa shape index (κ1) is 36.8. The maximum absolute atomic E-state index is 5.27. The normalized spacial score (nSPS) is 11.2. The zero-order valence-electron chi connectivity index (χ0n) is 33.9. The van der Waals surface area contributed by atoms with Crippen LogP contribution in [0.4, 0.5) is 0 Å². The molecular formula is C59H39N3. The van der Waals surface area contributed by atoms with Gasteiger partial charge >= 0.3 is 0 Å². The van der Waals surface area contributed by atoms with Crippen LogP contribution in [0.3, 0.4) is 0 Å². The molecule has 0 amide bonds. The number of fused-ring (bicyclic) bond motifs is 2. The van der Waals surface area contributed by atoms with E-state index >= 15 is 0 Å². The highest BCUT2D eigenvalue weighted by molar-refractivity contribution is 6.00. The minimum atomic E-state index is 0.620. The van der Waals surface area contributed by atoms with Gasteiger partial charge in [-0.05, 0) is 120 Å². The fraction of sp³-hybridized carbons (Fsp3) is 0. The zero-order valence-corrected chi connectivity index (χ0v) is 33.9. The van der Waals surface area contributed by atoms with Crippen molar-refractivity contribution in [1.82, 2.24) is 15.0 Å². The Kier molecular flexibility index (Phi) is 9.53. The van der Waals surface area contributed by atoms with Gasteiger partial charge in [-0.1, -0.05) is 194 Å². The number of nitrogens with zero attached hydrogens (tertiary/aromatic N) is 3. The third-order valence-corrected chi connectivity index (χ3v) is 11.7. The van der Waals surface area contributed by atoms with Gasteiger partial charge in [0.05, 0.1) is 0 Å². The molecule has 0 radical (unpaired) electrons. The molecule has 0 saturated carbocycles. The SMILES string of the molecule is c1ccc(-c2cccc(-c3ccc4cc(-c5nc(-c6cccc(-c7ccccc7)c6)nc(-c6cc(-c7cccc(-c8ccccc8)c7)c7ccccc7c6)n5)ccc4c3)c2)cc1. The van der Waals surface area contributed by atoms with Crippen molar-refractivity contribution in [2.75, 3.05) is 0 Å². The van der Waals surface area contributed by atoms with Gasteiger partial charge in [-0.15, -0.1) is 0 Å². The van der Waals surface area contributed by atoms with E-state index in [0.717, 1.165) is 55.1 Å². The van der Waals surface area contributed by atoms with Crippen molar-refractivity contribution >= 4 is 21.5 Å². The quantitative estimate of drug-likeness (QED) is 0.154. The first-order chi connectivity index (χ1) is 30.7. The number of benzene rings is 10. The van der Waals surface area contributed by atoms with Crippen LogP contribution in [0.25, 0.3) is 111 Å². The van der Waals surface area contributed by atoms with Gasteiger partial charge in [-0.25, -0.2) is 15.0 Å². The molecule has 1 aromatic heterocycles. The summed E-state index contributed by atoms with van der Waals surface area (Å²) in [5.41, 5.74) is 14.4. The van der Waals surface area contributed by atoms with Gasteiger partial charge < -0.3 is 0 Å². The van der Waals surface area contributed by atoms with Crippen LogP contribution in [0.5, 0.6) is 0 Å². The van der Waals surface area contributed by atoms with Crippen LogP contribution in [-0.2, 0) is 0 Å². The highest BCUT2D eigenvalue weighted by atomic mass is 15.0. The first-order valence-corrected chi connectivity index (χ1v) is 21.0. The Hall–Kier alpha value is -8.27. The number of rotatable bonds is 8. The Morgan fingerprint density at radius 1 is 0.194 bits per heavy atom. The summed E-state index contributed by atoms with van der Waals surface area (Å²) in [6, 6.07) is 83.8. The standard InChI is InChI=1S/C59H39N3/c1-4-15-40(16-5-1)43-22-12-25-46(33-43)47-29-30-49-37-53(32-31-48(49)34-47)58-60-57(52-27-14-24-45(36-52)42-19-8-3-9-20-42)61-59(62-58)54-38-50-21-10-11-28-55(50)56(39-54)51-26-13-23-44(35-51)41-17-6-2-7-18-41/h1-39H. The van der Waals surface area contributed by atoms with E-state index in [0.29, 0.717) is 17.5 Å². The Morgan fingerprint density at radius 3 is 1.13 bits per heavy atom. The number of aromatic nitrogens is 3. The summed E-state index contributed by atoms with van der Waals surface area (Å²) in [6.45, 7) is 0. The van der Waals surface area contributed by atoms with E-state index in [1.807, 2.05) is 6.07 Å². The van der Waals surface area contributed by atoms with Gasteiger partial charge in [0.15, 0.2) is 17.5 Å². The second-order valence-electron chi connectivity index (χ2n) is 15.7. The molecule has 11 aromatic rings. The van der Waals surface area contributed by atoms with Crippen LogP contribution in [0, 0.1) is 0 Å². The predicted octanol–water partition coefficient (Wildman–Crippen LogP) is 15.5. The fourth-order valence-corrected chi connectivity index (χ4v) is 8.48. The lowest BCUT2D eigenvalue weighted by atomic mass is 9.93.